The van der Waals surface area contributed by atoms with Crippen LogP contribution in [0.1, 0.15) is 11.3 Å². The molecule has 0 unspecified atom stereocenters. The minimum Gasteiger partial charge on any atom is -0.392 e. The fourth-order valence-corrected chi connectivity index (χ4v) is 3.32. The molecule has 0 aliphatic rings. The van der Waals surface area contributed by atoms with Crippen molar-refractivity contribution in [3.05, 3.63) is 45.8 Å². The van der Waals surface area contributed by atoms with Crippen LogP contribution < -0.4 is 4.72 Å². The van der Waals surface area contributed by atoms with E-state index < -0.39 is 10.0 Å². The average Bonchev–Trinajstić information content (AvgIpc) is 2.89. The summed E-state index contributed by atoms with van der Waals surface area (Å²) in [5.41, 5.74) is 0.274. The Hall–Kier alpha value is -1.12. The predicted octanol–water partition coefficient (Wildman–Crippen LogP) is 1.95. The van der Waals surface area contributed by atoms with Crippen molar-refractivity contribution in [2.45, 2.75) is 18.0 Å². The smallest absolute Gasteiger partial charge is 0.242 e. The Morgan fingerprint density at radius 3 is 2.65 bits per heavy atom. The minimum absolute atomic E-state index is 0.0303. The van der Waals surface area contributed by atoms with E-state index in [-0.39, 0.29) is 33.7 Å². The van der Waals surface area contributed by atoms with Crippen LogP contribution in [0.4, 0.5) is 0 Å². The fourth-order valence-electron chi connectivity index (χ4n) is 1.48. The molecule has 1 aromatic carbocycles. The molecule has 0 saturated heterocycles. The lowest BCUT2D eigenvalue weighted by Crippen LogP contribution is -2.23. The molecular formula is C11H10Cl2N2O4S. The van der Waals surface area contributed by atoms with E-state index in [0.717, 1.165) is 0 Å². The molecule has 6 nitrogen and oxygen atoms in total. The molecule has 0 radical (unpaired) electrons. The zero-order valence-electron chi connectivity index (χ0n) is 10.0. The first-order chi connectivity index (χ1) is 9.44. The van der Waals surface area contributed by atoms with Gasteiger partial charge in [-0.3, -0.25) is 0 Å². The molecule has 108 valence electrons. The molecule has 1 aromatic heterocycles. The number of benzene rings is 1. The van der Waals surface area contributed by atoms with E-state index in [2.05, 4.69) is 9.88 Å². The van der Waals surface area contributed by atoms with Gasteiger partial charge < -0.3 is 9.63 Å². The van der Waals surface area contributed by atoms with Crippen molar-refractivity contribution in [2.24, 2.45) is 0 Å². The number of rotatable bonds is 5. The van der Waals surface area contributed by atoms with Crippen LogP contribution in [0.3, 0.4) is 0 Å². The molecular weight excluding hydrogens is 327 g/mol. The van der Waals surface area contributed by atoms with Crippen molar-refractivity contribution < 1.29 is 18.0 Å². The Morgan fingerprint density at radius 1 is 1.30 bits per heavy atom. The van der Waals surface area contributed by atoms with Gasteiger partial charge in [0.15, 0.2) is 5.76 Å². The van der Waals surface area contributed by atoms with Crippen LogP contribution in [0, 0.1) is 0 Å². The summed E-state index contributed by atoms with van der Waals surface area (Å²) < 4.78 is 31.4. The quantitative estimate of drug-likeness (QED) is 0.870. The molecule has 9 heteroatoms. The lowest BCUT2D eigenvalue weighted by atomic mass is 10.2. The molecule has 2 rings (SSSR count). The van der Waals surface area contributed by atoms with Gasteiger partial charge in [-0.05, 0) is 17.7 Å². The highest BCUT2D eigenvalue weighted by molar-refractivity contribution is 7.89. The van der Waals surface area contributed by atoms with Crippen LogP contribution in [0.5, 0.6) is 0 Å². The van der Waals surface area contributed by atoms with Crippen molar-refractivity contribution >= 4 is 33.2 Å². The average molecular weight is 337 g/mol. The molecule has 0 spiro atoms. The highest BCUT2D eigenvalue weighted by Gasteiger charge is 2.20. The summed E-state index contributed by atoms with van der Waals surface area (Å²) in [7, 11) is -3.86. The van der Waals surface area contributed by atoms with E-state index in [1.54, 1.807) is 0 Å². The highest BCUT2D eigenvalue weighted by atomic mass is 35.5. The summed E-state index contributed by atoms with van der Waals surface area (Å²) in [6, 6.07) is 4.04. The summed E-state index contributed by atoms with van der Waals surface area (Å²) in [4.78, 5) is -0.160. The first kappa shape index (κ1) is 15.3. The van der Waals surface area contributed by atoms with Gasteiger partial charge in [0.1, 0.15) is 4.90 Å². The summed E-state index contributed by atoms with van der Waals surface area (Å²) in [5.74, 6) is 0.362. The predicted molar refractivity (Wildman–Crippen MR) is 72.9 cm³/mol. The van der Waals surface area contributed by atoms with E-state index in [1.807, 2.05) is 0 Å². The van der Waals surface area contributed by atoms with Crippen LogP contribution in [0.25, 0.3) is 0 Å². The van der Waals surface area contributed by atoms with Gasteiger partial charge in [0, 0.05) is 11.1 Å². The van der Waals surface area contributed by atoms with Gasteiger partial charge in [0.25, 0.3) is 0 Å². The Bertz CT molecular complexity index is 701. The second-order valence-corrected chi connectivity index (χ2v) is 6.39. The SMILES string of the molecule is O=S(=O)(NCc1ccno1)c1cc(CO)c(Cl)cc1Cl. The van der Waals surface area contributed by atoms with E-state index in [1.165, 1.54) is 24.4 Å². The first-order valence-electron chi connectivity index (χ1n) is 5.42. The third-order valence-electron chi connectivity index (χ3n) is 2.49. The topological polar surface area (TPSA) is 92.4 Å². The molecule has 0 bridgehead atoms. The Kier molecular flexibility index (Phi) is 4.66. The first-order valence-corrected chi connectivity index (χ1v) is 7.66. The lowest BCUT2D eigenvalue weighted by molar-refractivity contribution is 0.281. The van der Waals surface area contributed by atoms with Gasteiger partial charge >= 0.3 is 0 Å². The molecule has 20 heavy (non-hydrogen) atoms. The minimum atomic E-state index is -3.86. The number of hydrogen-bond acceptors (Lipinski definition) is 5. The van der Waals surface area contributed by atoms with Crippen molar-refractivity contribution in [3.63, 3.8) is 0 Å². The Balaban J connectivity index is 2.29. The summed E-state index contributed by atoms with van der Waals surface area (Å²) >= 11 is 11.7. The highest BCUT2D eigenvalue weighted by Crippen LogP contribution is 2.28. The Morgan fingerprint density at radius 2 is 2.05 bits per heavy atom. The second kappa shape index (κ2) is 6.11. The Labute approximate surface area is 125 Å². The van der Waals surface area contributed by atoms with Gasteiger partial charge in [-0.1, -0.05) is 28.4 Å². The largest absolute Gasteiger partial charge is 0.392 e. The van der Waals surface area contributed by atoms with E-state index in [9.17, 15) is 8.42 Å². The van der Waals surface area contributed by atoms with Crippen LogP contribution >= 0.6 is 23.2 Å². The number of hydrogen-bond donors (Lipinski definition) is 2. The number of nitrogens with zero attached hydrogens (tertiary/aromatic N) is 1. The van der Waals surface area contributed by atoms with Gasteiger partial charge in [-0.2, -0.15) is 0 Å². The number of nitrogens with one attached hydrogen (secondary N) is 1. The molecule has 0 aliphatic carbocycles. The number of sulfonamides is 1. The van der Waals surface area contributed by atoms with Crippen molar-refractivity contribution in [1.82, 2.24) is 9.88 Å². The van der Waals surface area contributed by atoms with Gasteiger partial charge in [-0.25, -0.2) is 13.1 Å². The zero-order chi connectivity index (χ0) is 14.8. The summed E-state index contributed by atoms with van der Waals surface area (Å²) in [6.45, 7) is -0.448. The van der Waals surface area contributed by atoms with E-state index >= 15 is 0 Å². The second-order valence-electron chi connectivity index (χ2n) is 3.84. The zero-order valence-corrected chi connectivity index (χ0v) is 12.3. The molecule has 0 aliphatic heterocycles. The van der Waals surface area contributed by atoms with Crippen molar-refractivity contribution in [1.29, 1.82) is 0 Å². The molecule has 0 saturated carbocycles. The molecule has 2 aromatic rings. The van der Waals surface area contributed by atoms with Crippen LogP contribution in [-0.2, 0) is 23.2 Å². The molecule has 0 fully saturated rings. The molecule has 0 atom stereocenters. The molecule has 1 heterocycles. The van der Waals surface area contributed by atoms with Crippen molar-refractivity contribution in [3.8, 4) is 0 Å². The maximum absolute atomic E-state index is 12.1. The van der Waals surface area contributed by atoms with Crippen LogP contribution in [0.2, 0.25) is 10.0 Å². The summed E-state index contributed by atoms with van der Waals surface area (Å²) in [5, 5.41) is 12.7. The number of halogens is 2. The van der Waals surface area contributed by atoms with Gasteiger partial charge in [-0.15, -0.1) is 0 Å². The normalized spacial score (nSPS) is 11.8. The van der Waals surface area contributed by atoms with Crippen molar-refractivity contribution in [2.75, 3.05) is 0 Å². The third-order valence-corrected chi connectivity index (χ3v) is 4.71. The fraction of sp³-hybridized carbons (Fsp3) is 0.182. The third kappa shape index (κ3) is 3.31. The summed E-state index contributed by atoms with van der Waals surface area (Å²) in [6.07, 6.45) is 1.41. The van der Waals surface area contributed by atoms with E-state index in [4.69, 9.17) is 32.8 Å². The number of aliphatic hydroxyl groups is 1. The number of aliphatic hydroxyl groups excluding tert-OH is 1. The van der Waals surface area contributed by atoms with E-state index in [0.29, 0.717) is 5.76 Å². The van der Waals surface area contributed by atoms with Gasteiger partial charge in [0.2, 0.25) is 10.0 Å². The standard InChI is InChI=1S/C11H10Cl2N2O4S/c12-9-4-10(13)11(3-7(9)6-16)20(17,18)15-5-8-1-2-14-19-8/h1-4,15-16H,5-6H2. The molecule has 2 N–H and O–H groups in total. The lowest BCUT2D eigenvalue weighted by Gasteiger charge is -2.10. The van der Waals surface area contributed by atoms with Crippen LogP contribution in [-0.4, -0.2) is 18.7 Å². The maximum Gasteiger partial charge on any atom is 0.242 e. The monoisotopic (exact) mass is 336 g/mol. The maximum atomic E-state index is 12.1. The number of aromatic nitrogens is 1. The van der Waals surface area contributed by atoms with Gasteiger partial charge in [0.05, 0.1) is 24.4 Å². The van der Waals surface area contributed by atoms with Crippen LogP contribution in [0.15, 0.2) is 33.8 Å². The molecule has 0 amide bonds.